The lowest BCUT2D eigenvalue weighted by Gasteiger charge is -2.32. The summed E-state index contributed by atoms with van der Waals surface area (Å²) in [5.41, 5.74) is 2.34. The lowest BCUT2D eigenvalue weighted by molar-refractivity contribution is -0.120. The Morgan fingerprint density at radius 3 is 2.57 bits per heavy atom. The molecule has 0 saturated carbocycles. The minimum Gasteiger partial charge on any atom is -0.356 e. The third kappa shape index (κ3) is 4.62. The summed E-state index contributed by atoms with van der Waals surface area (Å²) < 4.78 is 13.0. The highest BCUT2D eigenvalue weighted by atomic mass is 19.1. The van der Waals surface area contributed by atoms with Gasteiger partial charge in [0.2, 0.25) is 5.91 Å². The van der Waals surface area contributed by atoms with E-state index in [0.29, 0.717) is 11.5 Å². The summed E-state index contributed by atoms with van der Waals surface area (Å²) >= 11 is 0. The molecule has 0 spiro atoms. The van der Waals surface area contributed by atoms with E-state index in [4.69, 9.17) is 4.98 Å². The molecule has 2 aromatic heterocycles. The first kappa shape index (κ1) is 19.9. The molecule has 1 aliphatic rings. The number of carbonyl (C=O) groups excluding carboxylic acids is 1. The van der Waals surface area contributed by atoms with E-state index in [1.807, 2.05) is 24.3 Å². The highest BCUT2D eigenvalue weighted by Crippen LogP contribution is 2.25. The number of halogens is 1. The molecule has 1 aromatic carbocycles. The molecule has 7 heteroatoms. The smallest absolute Gasteiger partial charge is 0.227 e. The Hall–Kier alpha value is -3.35. The Bertz CT molecular complexity index is 1000. The molecule has 0 bridgehead atoms. The molecule has 30 heavy (non-hydrogen) atoms. The van der Waals surface area contributed by atoms with Gasteiger partial charge in [-0.1, -0.05) is 13.0 Å². The van der Waals surface area contributed by atoms with Crippen LogP contribution in [0.1, 0.15) is 25.5 Å². The number of aromatic nitrogens is 3. The van der Waals surface area contributed by atoms with Crippen molar-refractivity contribution in [3.63, 3.8) is 0 Å². The van der Waals surface area contributed by atoms with Gasteiger partial charge in [0.05, 0.1) is 0 Å². The van der Waals surface area contributed by atoms with E-state index in [0.717, 1.165) is 49.6 Å². The highest BCUT2D eigenvalue weighted by molar-refractivity contribution is 5.92. The first-order valence-corrected chi connectivity index (χ1v) is 10.2. The molecule has 6 nitrogen and oxygen atoms in total. The first-order valence-electron chi connectivity index (χ1n) is 10.2. The second kappa shape index (κ2) is 8.98. The Morgan fingerprint density at radius 1 is 1.13 bits per heavy atom. The van der Waals surface area contributed by atoms with Crippen molar-refractivity contribution in [2.75, 3.05) is 23.3 Å². The van der Waals surface area contributed by atoms with E-state index in [2.05, 4.69) is 27.1 Å². The molecular formula is C23H24FN5O. The standard InChI is InChI=1S/C23H24FN5O/c1-2-18-15-21(28-22(26-18)20-5-3-4-12-25-20)29-13-10-16(11-14-29)23(30)27-19-8-6-17(24)7-9-19/h3-9,12,15-16H,2,10-11,13-14H2,1H3,(H,27,30). The summed E-state index contributed by atoms with van der Waals surface area (Å²) in [6, 6.07) is 13.6. The molecule has 1 saturated heterocycles. The maximum atomic E-state index is 13.0. The molecule has 0 aliphatic carbocycles. The van der Waals surface area contributed by atoms with Gasteiger partial charge in [-0.3, -0.25) is 9.78 Å². The molecule has 1 fully saturated rings. The number of hydrogen-bond acceptors (Lipinski definition) is 5. The fourth-order valence-corrected chi connectivity index (χ4v) is 3.58. The van der Waals surface area contributed by atoms with Crippen LogP contribution in [0.4, 0.5) is 15.9 Å². The van der Waals surface area contributed by atoms with Crippen molar-refractivity contribution < 1.29 is 9.18 Å². The van der Waals surface area contributed by atoms with Crippen LogP contribution in [0.15, 0.2) is 54.7 Å². The number of amides is 1. The zero-order chi connectivity index (χ0) is 20.9. The van der Waals surface area contributed by atoms with Crippen molar-refractivity contribution in [1.82, 2.24) is 15.0 Å². The van der Waals surface area contributed by atoms with Gasteiger partial charge in [0.25, 0.3) is 0 Å². The molecule has 0 radical (unpaired) electrons. The first-order chi connectivity index (χ1) is 14.6. The summed E-state index contributed by atoms with van der Waals surface area (Å²) in [6.07, 6.45) is 4.02. The predicted octanol–water partition coefficient (Wildman–Crippen LogP) is 4.10. The van der Waals surface area contributed by atoms with Crippen LogP contribution >= 0.6 is 0 Å². The van der Waals surface area contributed by atoms with Crippen molar-refractivity contribution in [1.29, 1.82) is 0 Å². The summed E-state index contributed by atoms with van der Waals surface area (Å²) in [4.78, 5) is 28.5. The molecule has 0 unspecified atom stereocenters. The summed E-state index contributed by atoms with van der Waals surface area (Å²) in [7, 11) is 0. The summed E-state index contributed by atoms with van der Waals surface area (Å²) in [5.74, 6) is 1.09. The molecule has 3 aromatic rings. The lowest BCUT2D eigenvalue weighted by atomic mass is 9.95. The Balaban J connectivity index is 1.43. The molecule has 0 atom stereocenters. The number of rotatable bonds is 5. The fourth-order valence-electron chi connectivity index (χ4n) is 3.58. The Kier molecular flexibility index (Phi) is 5.97. The third-order valence-electron chi connectivity index (χ3n) is 5.32. The zero-order valence-electron chi connectivity index (χ0n) is 16.9. The Morgan fingerprint density at radius 2 is 1.90 bits per heavy atom. The number of carbonyl (C=O) groups is 1. The molecule has 154 valence electrons. The van der Waals surface area contributed by atoms with Crippen LogP contribution < -0.4 is 10.2 Å². The maximum Gasteiger partial charge on any atom is 0.227 e. The van der Waals surface area contributed by atoms with Gasteiger partial charge in [0.1, 0.15) is 17.3 Å². The van der Waals surface area contributed by atoms with Crippen LogP contribution in [-0.2, 0) is 11.2 Å². The number of anilines is 2. The van der Waals surface area contributed by atoms with E-state index in [1.54, 1.807) is 18.3 Å². The van der Waals surface area contributed by atoms with Gasteiger partial charge < -0.3 is 10.2 Å². The van der Waals surface area contributed by atoms with E-state index in [-0.39, 0.29) is 17.6 Å². The molecule has 4 rings (SSSR count). The van der Waals surface area contributed by atoms with E-state index < -0.39 is 0 Å². The van der Waals surface area contributed by atoms with Gasteiger partial charge in [0, 0.05) is 42.7 Å². The van der Waals surface area contributed by atoms with Crippen LogP contribution in [0.2, 0.25) is 0 Å². The minimum atomic E-state index is -0.317. The van der Waals surface area contributed by atoms with Crippen LogP contribution in [0, 0.1) is 11.7 Å². The predicted molar refractivity (Wildman–Crippen MR) is 115 cm³/mol. The quantitative estimate of drug-likeness (QED) is 0.692. The number of nitrogens with zero attached hydrogens (tertiary/aromatic N) is 4. The molecule has 1 amide bonds. The zero-order valence-corrected chi connectivity index (χ0v) is 16.9. The van der Waals surface area contributed by atoms with Crippen LogP contribution in [0.3, 0.4) is 0 Å². The second-order valence-corrected chi connectivity index (χ2v) is 7.37. The monoisotopic (exact) mass is 405 g/mol. The number of nitrogens with one attached hydrogen (secondary N) is 1. The molecule has 1 aliphatic heterocycles. The SMILES string of the molecule is CCc1cc(N2CCC(C(=O)Nc3ccc(F)cc3)CC2)nc(-c2ccccn2)n1. The number of benzene rings is 1. The average molecular weight is 405 g/mol. The average Bonchev–Trinajstić information content (AvgIpc) is 2.81. The Labute approximate surface area is 175 Å². The van der Waals surface area contributed by atoms with Crippen molar-refractivity contribution in [3.05, 3.63) is 66.2 Å². The molecule has 3 heterocycles. The van der Waals surface area contributed by atoms with Gasteiger partial charge in [-0.2, -0.15) is 0 Å². The van der Waals surface area contributed by atoms with Crippen molar-refractivity contribution in [2.24, 2.45) is 5.92 Å². The topological polar surface area (TPSA) is 71.0 Å². The fraction of sp³-hybridized carbons (Fsp3) is 0.304. The van der Waals surface area contributed by atoms with Crippen LogP contribution in [0.25, 0.3) is 11.5 Å². The van der Waals surface area contributed by atoms with E-state index in [9.17, 15) is 9.18 Å². The van der Waals surface area contributed by atoms with Gasteiger partial charge in [-0.15, -0.1) is 0 Å². The van der Waals surface area contributed by atoms with Gasteiger partial charge in [-0.05, 0) is 55.7 Å². The maximum absolute atomic E-state index is 13.0. The van der Waals surface area contributed by atoms with Gasteiger partial charge >= 0.3 is 0 Å². The largest absolute Gasteiger partial charge is 0.356 e. The van der Waals surface area contributed by atoms with Gasteiger partial charge in [-0.25, -0.2) is 14.4 Å². The van der Waals surface area contributed by atoms with Crippen LogP contribution in [0.5, 0.6) is 0 Å². The summed E-state index contributed by atoms with van der Waals surface area (Å²) in [5, 5.41) is 2.88. The van der Waals surface area contributed by atoms with Crippen molar-refractivity contribution in [3.8, 4) is 11.5 Å². The van der Waals surface area contributed by atoms with Crippen molar-refractivity contribution in [2.45, 2.75) is 26.2 Å². The highest BCUT2D eigenvalue weighted by Gasteiger charge is 2.26. The third-order valence-corrected chi connectivity index (χ3v) is 5.32. The number of aryl methyl sites for hydroxylation is 1. The number of pyridine rings is 1. The number of piperidine rings is 1. The minimum absolute atomic E-state index is 0.0210. The van der Waals surface area contributed by atoms with Gasteiger partial charge in [0.15, 0.2) is 5.82 Å². The second-order valence-electron chi connectivity index (χ2n) is 7.37. The normalized spacial score (nSPS) is 14.5. The van der Waals surface area contributed by atoms with Crippen molar-refractivity contribution >= 4 is 17.4 Å². The summed E-state index contributed by atoms with van der Waals surface area (Å²) in [6.45, 7) is 3.55. The van der Waals surface area contributed by atoms with E-state index in [1.165, 1.54) is 12.1 Å². The van der Waals surface area contributed by atoms with E-state index >= 15 is 0 Å². The number of hydrogen-bond donors (Lipinski definition) is 1. The molecular weight excluding hydrogens is 381 g/mol. The van der Waals surface area contributed by atoms with Crippen LogP contribution in [-0.4, -0.2) is 33.9 Å². The lowest BCUT2D eigenvalue weighted by Crippen LogP contribution is -2.38. The molecule has 1 N–H and O–H groups in total.